The number of pyridine rings is 1. The Kier molecular flexibility index (Phi) is 4.66. The Balaban J connectivity index is 2.35. The number of fused-ring (bicyclic) bond motifs is 1. The van der Waals surface area contributed by atoms with E-state index in [1.54, 1.807) is 14.2 Å². The van der Waals surface area contributed by atoms with E-state index in [0.717, 1.165) is 41.1 Å². The van der Waals surface area contributed by atoms with Gasteiger partial charge in [0.1, 0.15) is 5.82 Å². The molecule has 2 aromatic rings. The van der Waals surface area contributed by atoms with E-state index in [4.69, 9.17) is 9.47 Å². The lowest BCUT2D eigenvalue weighted by Gasteiger charge is -2.13. The van der Waals surface area contributed by atoms with Crippen LogP contribution >= 0.6 is 0 Å². The first-order valence-corrected chi connectivity index (χ1v) is 6.90. The summed E-state index contributed by atoms with van der Waals surface area (Å²) in [4.78, 5) is 4.43. The van der Waals surface area contributed by atoms with Crippen molar-refractivity contribution < 1.29 is 9.47 Å². The number of rotatable bonds is 6. The maximum Gasteiger partial charge on any atom is 0.161 e. The van der Waals surface area contributed by atoms with Gasteiger partial charge in [0.15, 0.2) is 11.5 Å². The molecule has 0 aliphatic heterocycles. The molecule has 0 aliphatic rings. The quantitative estimate of drug-likeness (QED) is 0.872. The van der Waals surface area contributed by atoms with Crippen LogP contribution in [0.25, 0.3) is 10.8 Å². The van der Waals surface area contributed by atoms with E-state index in [0.29, 0.717) is 5.92 Å². The standard InChI is InChI=1S/C16H22N2O2/c1-11(2)5-7-17-16-13-10-15(20-4)14(19-3)9-12(13)6-8-18-16/h6,8-11H,5,7H2,1-4H3,(H,17,18). The van der Waals surface area contributed by atoms with Gasteiger partial charge < -0.3 is 14.8 Å². The van der Waals surface area contributed by atoms with Crippen molar-refractivity contribution in [1.82, 2.24) is 4.98 Å². The third-order valence-electron chi connectivity index (χ3n) is 3.28. The number of nitrogens with one attached hydrogen (secondary N) is 1. The number of methoxy groups -OCH3 is 2. The third-order valence-corrected chi connectivity index (χ3v) is 3.28. The molecular weight excluding hydrogens is 252 g/mol. The Hall–Kier alpha value is -1.97. The number of hydrogen-bond acceptors (Lipinski definition) is 4. The largest absolute Gasteiger partial charge is 0.493 e. The van der Waals surface area contributed by atoms with Crippen molar-refractivity contribution >= 4 is 16.6 Å². The molecule has 1 aromatic heterocycles. The molecule has 0 amide bonds. The molecule has 2 rings (SSSR count). The van der Waals surface area contributed by atoms with E-state index in [1.165, 1.54) is 0 Å². The van der Waals surface area contributed by atoms with Gasteiger partial charge in [-0.3, -0.25) is 0 Å². The average molecular weight is 274 g/mol. The van der Waals surface area contributed by atoms with Crippen molar-refractivity contribution in [3.63, 3.8) is 0 Å². The smallest absolute Gasteiger partial charge is 0.161 e. The maximum atomic E-state index is 5.36. The zero-order chi connectivity index (χ0) is 14.5. The van der Waals surface area contributed by atoms with Crippen molar-refractivity contribution in [2.45, 2.75) is 20.3 Å². The first kappa shape index (κ1) is 14.4. The number of anilines is 1. The fraction of sp³-hybridized carbons (Fsp3) is 0.438. The summed E-state index contributed by atoms with van der Waals surface area (Å²) in [6.07, 6.45) is 2.93. The van der Waals surface area contributed by atoms with Crippen molar-refractivity contribution in [3.8, 4) is 11.5 Å². The molecule has 0 fully saturated rings. The van der Waals surface area contributed by atoms with Gasteiger partial charge in [0.25, 0.3) is 0 Å². The molecule has 0 bridgehead atoms. The van der Waals surface area contributed by atoms with Gasteiger partial charge in [-0.1, -0.05) is 13.8 Å². The molecule has 4 heteroatoms. The lowest BCUT2D eigenvalue weighted by molar-refractivity contribution is 0.356. The highest BCUT2D eigenvalue weighted by atomic mass is 16.5. The summed E-state index contributed by atoms with van der Waals surface area (Å²) < 4.78 is 10.7. The van der Waals surface area contributed by atoms with Gasteiger partial charge >= 0.3 is 0 Å². The minimum absolute atomic E-state index is 0.673. The van der Waals surface area contributed by atoms with Crippen LogP contribution in [-0.4, -0.2) is 25.7 Å². The van der Waals surface area contributed by atoms with Crippen molar-refractivity contribution in [2.24, 2.45) is 5.92 Å². The van der Waals surface area contributed by atoms with Crippen molar-refractivity contribution in [1.29, 1.82) is 0 Å². The second-order valence-corrected chi connectivity index (χ2v) is 5.20. The second kappa shape index (κ2) is 6.46. The van der Waals surface area contributed by atoms with Crippen LogP contribution in [0.2, 0.25) is 0 Å². The van der Waals surface area contributed by atoms with Crippen LogP contribution in [0.5, 0.6) is 11.5 Å². The highest BCUT2D eigenvalue weighted by Crippen LogP contribution is 2.34. The predicted octanol–water partition coefficient (Wildman–Crippen LogP) is 3.71. The molecule has 0 aliphatic carbocycles. The van der Waals surface area contributed by atoms with E-state index in [1.807, 2.05) is 24.4 Å². The summed E-state index contributed by atoms with van der Waals surface area (Å²) in [5, 5.41) is 5.54. The number of hydrogen-bond donors (Lipinski definition) is 1. The molecule has 1 N–H and O–H groups in total. The van der Waals surface area contributed by atoms with Crippen LogP contribution < -0.4 is 14.8 Å². The van der Waals surface area contributed by atoms with Crippen molar-refractivity contribution in [3.05, 3.63) is 24.4 Å². The molecule has 1 aromatic carbocycles. The van der Waals surface area contributed by atoms with E-state index in [9.17, 15) is 0 Å². The monoisotopic (exact) mass is 274 g/mol. The first-order chi connectivity index (χ1) is 9.65. The molecule has 0 radical (unpaired) electrons. The minimum Gasteiger partial charge on any atom is -0.493 e. The van der Waals surface area contributed by atoms with Crippen LogP contribution in [0.1, 0.15) is 20.3 Å². The van der Waals surface area contributed by atoms with Crippen LogP contribution in [0.3, 0.4) is 0 Å². The summed E-state index contributed by atoms with van der Waals surface area (Å²) in [6, 6.07) is 5.92. The fourth-order valence-electron chi connectivity index (χ4n) is 2.12. The van der Waals surface area contributed by atoms with Gasteiger partial charge in [-0.2, -0.15) is 0 Å². The molecule has 4 nitrogen and oxygen atoms in total. The lowest BCUT2D eigenvalue weighted by Crippen LogP contribution is -2.06. The van der Waals surface area contributed by atoms with Gasteiger partial charge in [0.05, 0.1) is 14.2 Å². The summed E-state index contributed by atoms with van der Waals surface area (Å²) in [5.41, 5.74) is 0. The maximum absolute atomic E-state index is 5.36. The van der Waals surface area contributed by atoms with E-state index in [2.05, 4.69) is 24.1 Å². The Morgan fingerprint density at radius 3 is 2.50 bits per heavy atom. The highest BCUT2D eigenvalue weighted by Gasteiger charge is 2.09. The first-order valence-electron chi connectivity index (χ1n) is 6.90. The molecular formula is C16H22N2O2. The normalized spacial score (nSPS) is 10.8. The van der Waals surface area contributed by atoms with Crippen LogP contribution in [0, 0.1) is 5.92 Å². The number of benzene rings is 1. The Morgan fingerprint density at radius 2 is 1.85 bits per heavy atom. The highest BCUT2D eigenvalue weighted by molar-refractivity contribution is 5.94. The molecule has 0 spiro atoms. The van der Waals surface area contributed by atoms with E-state index in [-0.39, 0.29) is 0 Å². The Morgan fingerprint density at radius 1 is 1.15 bits per heavy atom. The molecule has 108 valence electrons. The zero-order valence-corrected chi connectivity index (χ0v) is 12.6. The topological polar surface area (TPSA) is 43.4 Å². The second-order valence-electron chi connectivity index (χ2n) is 5.20. The number of ether oxygens (including phenoxy) is 2. The zero-order valence-electron chi connectivity index (χ0n) is 12.6. The van der Waals surface area contributed by atoms with Gasteiger partial charge in [0, 0.05) is 18.1 Å². The van der Waals surface area contributed by atoms with Gasteiger partial charge in [-0.25, -0.2) is 4.98 Å². The van der Waals surface area contributed by atoms with Crippen LogP contribution in [0.15, 0.2) is 24.4 Å². The molecule has 20 heavy (non-hydrogen) atoms. The van der Waals surface area contributed by atoms with Crippen LogP contribution in [-0.2, 0) is 0 Å². The number of nitrogens with zero attached hydrogens (tertiary/aromatic N) is 1. The molecule has 0 saturated carbocycles. The summed E-state index contributed by atoms with van der Waals surface area (Å²) in [6.45, 7) is 5.34. The SMILES string of the molecule is COc1cc2ccnc(NCCC(C)C)c2cc1OC. The average Bonchev–Trinajstić information content (AvgIpc) is 2.45. The van der Waals surface area contributed by atoms with E-state index < -0.39 is 0 Å². The summed E-state index contributed by atoms with van der Waals surface area (Å²) in [7, 11) is 3.29. The van der Waals surface area contributed by atoms with E-state index >= 15 is 0 Å². The molecule has 1 heterocycles. The minimum atomic E-state index is 0.673. The van der Waals surface area contributed by atoms with Gasteiger partial charge in [0.2, 0.25) is 0 Å². The number of aromatic nitrogens is 1. The molecule has 0 atom stereocenters. The predicted molar refractivity (Wildman–Crippen MR) is 82.8 cm³/mol. The fourth-order valence-corrected chi connectivity index (χ4v) is 2.12. The van der Waals surface area contributed by atoms with Crippen molar-refractivity contribution in [2.75, 3.05) is 26.1 Å². The summed E-state index contributed by atoms with van der Waals surface area (Å²) in [5.74, 6) is 3.02. The van der Waals surface area contributed by atoms with Crippen LogP contribution in [0.4, 0.5) is 5.82 Å². The van der Waals surface area contributed by atoms with Gasteiger partial charge in [-0.05, 0) is 35.9 Å². The molecule has 0 saturated heterocycles. The third kappa shape index (κ3) is 3.13. The molecule has 0 unspecified atom stereocenters. The Bertz CT molecular complexity index is 582. The summed E-state index contributed by atoms with van der Waals surface area (Å²) >= 11 is 0. The Labute approximate surface area is 120 Å². The lowest BCUT2D eigenvalue weighted by atomic mass is 10.1. The van der Waals surface area contributed by atoms with Gasteiger partial charge in [-0.15, -0.1) is 0 Å².